The lowest BCUT2D eigenvalue weighted by Gasteiger charge is -2.19. The Balaban J connectivity index is 1.30. The zero-order valence-corrected chi connectivity index (χ0v) is 19.0. The summed E-state index contributed by atoms with van der Waals surface area (Å²) in [6.07, 6.45) is 14.0. The highest BCUT2D eigenvalue weighted by Gasteiger charge is 2.16. The quantitative estimate of drug-likeness (QED) is 0.455. The second-order valence-electron chi connectivity index (χ2n) is 7.99. The summed E-state index contributed by atoms with van der Waals surface area (Å²) in [7, 11) is 0. The van der Waals surface area contributed by atoms with Crippen LogP contribution in [0.1, 0.15) is 30.4 Å². The molecule has 0 fully saturated rings. The van der Waals surface area contributed by atoms with Crippen LogP contribution in [0.5, 0.6) is 0 Å². The van der Waals surface area contributed by atoms with Crippen molar-refractivity contribution in [3.05, 3.63) is 88.9 Å². The third kappa shape index (κ3) is 4.18. The van der Waals surface area contributed by atoms with Crippen molar-refractivity contribution in [1.82, 2.24) is 9.97 Å². The molecule has 1 aliphatic carbocycles. The number of thiophene rings is 1. The SMILES string of the molecule is Cc1ccc(-c2csc3ncnc(NCCC4=COC=C(C5=CC=CCC5)O4)c23)cc1C. The molecular weight excluding hydrogens is 418 g/mol. The Morgan fingerprint density at radius 2 is 2.06 bits per heavy atom. The van der Waals surface area contributed by atoms with Crippen LogP contribution in [0.25, 0.3) is 21.3 Å². The molecule has 0 radical (unpaired) electrons. The van der Waals surface area contributed by atoms with Gasteiger partial charge in [-0.05, 0) is 49.0 Å². The number of ether oxygens (including phenoxy) is 2. The van der Waals surface area contributed by atoms with E-state index < -0.39 is 0 Å². The monoisotopic (exact) mass is 443 g/mol. The van der Waals surface area contributed by atoms with E-state index in [9.17, 15) is 0 Å². The fraction of sp³-hybridized carbons (Fsp3) is 0.231. The molecule has 5 rings (SSSR count). The molecule has 1 aliphatic heterocycles. The molecule has 1 aromatic carbocycles. The number of nitrogens with zero attached hydrogens (tertiary/aromatic N) is 2. The Kier molecular flexibility index (Phi) is 5.77. The van der Waals surface area contributed by atoms with Gasteiger partial charge in [0.25, 0.3) is 0 Å². The van der Waals surface area contributed by atoms with Gasteiger partial charge in [-0.2, -0.15) is 0 Å². The number of hydrogen-bond donors (Lipinski definition) is 1. The van der Waals surface area contributed by atoms with Crippen LogP contribution >= 0.6 is 11.3 Å². The predicted octanol–water partition coefficient (Wildman–Crippen LogP) is 6.78. The maximum Gasteiger partial charge on any atom is 0.165 e. The Hall–Kier alpha value is -3.38. The maximum absolute atomic E-state index is 6.08. The summed E-state index contributed by atoms with van der Waals surface area (Å²) in [5.41, 5.74) is 6.09. The third-order valence-corrected chi connectivity index (χ3v) is 6.68. The molecule has 1 N–H and O–H groups in total. The number of allylic oxidation sites excluding steroid dienone is 4. The van der Waals surface area contributed by atoms with E-state index >= 15 is 0 Å². The number of aromatic nitrogens is 2. The molecule has 3 heterocycles. The maximum atomic E-state index is 6.08. The number of aryl methyl sites for hydroxylation is 2. The average Bonchev–Trinajstić information content (AvgIpc) is 3.27. The van der Waals surface area contributed by atoms with Gasteiger partial charge in [0, 0.05) is 23.9 Å². The van der Waals surface area contributed by atoms with Crippen LogP contribution in [0.3, 0.4) is 0 Å². The van der Waals surface area contributed by atoms with Crippen LogP contribution in [0, 0.1) is 13.8 Å². The van der Waals surface area contributed by atoms with Crippen molar-refractivity contribution in [2.75, 3.05) is 11.9 Å². The molecule has 32 heavy (non-hydrogen) atoms. The van der Waals surface area contributed by atoms with Crippen molar-refractivity contribution in [2.45, 2.75) is 33.1 Å². The molecule has 0 unspecified atom stereocenters. The Bertz CT molecular complexity index is 1280. The standard InChI is InChI=1S/C26H25N3O2S/c1-17-8-9-20(12-18(17)2)22-15-32-26-24(22)25(28-16-29-26)27-11-10-21-13-30-14-23(31-21)19-6-4-3-5-7-19/h3-4,6,8-9,12-16H,5,7,10-11H2,1-2H3,(H,27,28,29). The number of nitrogens with one attached hydrogen (secondary N) is 1. The second kappa shape index (κ2) is 9.01. The zero-order chi connectivity index (χ0) is 21.9. The van der Waals surface area contributed by atoms with Crippen LogP contribution in [-0.4, -0.2) is 16.5 Å². The molecule has 0 spiro atoms. The molecule has 0 amide bonds. The van der Waals surface area contributed by atoms with Gasteiger partial charge in [0.2, 0.25) is 0 Å². The lowest BCUT2D eigenvalue weighted by Crippen LogP contribution is -2.09. The summed E-state index contributed by atoms with van der Waals surface area (Å²) >= 11 is 1.64. The summed E-state index contributed by atoms with van der Waals surface area (Å²) < 4.78 is 11.6. The van der Waals surface area contributed by atoms with Crippen LogP contribution in [0.15, 0.2) is 77.8 Å². The number of fused-ring (bicyclic) bond motifs is 1. The van der Waals surface area contributed by atoms with Crippen molar-refractivity contribution < 1.29 is 9.47 Å². The number of hydrogen-bond acceptors (Lipinski definition) is 6. The van der Waals surface area contributed by atoms with E-state index in [2.05, 4.69) is 70.9 Å². The minimum absolute atomic E-state index is 0.676. The van der Waals surface area contributed by atoms with E-state index in [0.717, 1.165) is 46.0 Å². The summed E-state index contributed by atoms with van der Waals surface area (Å²) in [6.45, 7) is 4.95. The van der Waals surface area contributed by atoms with Gasteiger partial charge in [0.1, 0.15) is 35.3 Å². The van der Waals surface area contributed by atoms with Crippen molar-refractivity contribution in [3.63, 3.8) is 0 Å². The van der Waals surface area contributed by atoms with Gasteiger partial charge in [0.15, 0.2) is 5.76 Å². The highest BCUT2D eigenvalue weighted by Crippen LogP contribution is 2.37. The van der Waals surface area contributed by atoms with E-state index in [0.29, 0.717) is 13.0 Å². The van der Waals surface area contributed by atoms with Gasteiger partial charge in [-0.25, -0.2) is 9.97 Å². The number of rotatable bonds is 6. The Labute approximate surface area is 191 Å². The smallest absolute Gasteiger partial charge is 0.165 e. The van der Waals surface area contributed by atoms with E-state index in [1.165, 1.54) is 22.3 Å². The molecule has 2 aliphatic rings. The minimum Gasteiger partial charge on any atom is -0.465 e. The molecular formula is C26H25N3O2S. The van der Waals surface area contributed by atoms with Gasteiger partial charge in [-0.1, -0.05) is 36.4 Å². The zero-order valence-electron chi connectivity index (χ0n) is 18.2. The van der Waals surface area contributed by atoms with Crippen molar-refractivity contribution in [2.24, 2.45) is 0 Å². The van der Waals surface area contributed by atoms with Crippen molar-refractivity contribution >= 4 is 27.4 Å². The van der Waals surface area contributed by atoms with E-state index in [4.69, 9.17) is 9.47 Å². The predicted molar refractivity (Wildman–Crippen MR) is 130 cm³/mol. The minimum atomic E-state index is 0.676. The highest BCUT2D eigenvalue weighted by molar-refractivity contribution is 7.17. The second-order valence-corrected chi connectivity index (χ2v) is 8.85. The molecule has 0 bridgehead atoms. The third-order valence-electron chi connectivity index (χ3n) is 5.80. The van der Waals surface area contributed by atoms with Gasteiger partial charge in [0.05, 0.1) is 5.39 Å². The first-order valence-corrected chi connectivity index (χ1v) is 11.7. The van der Waals surface area contributed by atoms with Crippen LogP contribution < -0.4 is 5.32 Å². The van der Waals surface area contributed by atoms with Gasteiger partial charge >= 0.3 is 0 Å². The highest BCUT2D eigenvalue weighted by atomic mass is 32.1. The molecule has 5 nitrogen and oxygen atoms in total. The van der Waals surface area contributed by atoms with E-state index in [1.807, 2.05) is 0 Å². The van der Waals surface area contributed by atoms with E-state index in [1.54, 1.807) is 30.2 Å². The fourth-order valence-corrected chi connectivity index (χ4v) is 4.77. The summed E-state index contributed by atoms with van der Waals surface area (Å²) in [5.74, 6) is 2.44. The Morgan fingerprint density at radius 3 is 2.91 bits per heavy atom. The number of anilines is 1. The topological polar surface area (TPSA) is 56.3 Å². The fourth-order valence-electron chi connectivity index (χ4n) is 3.85. The largest absolute Gasteiger partial charge is 0.465 e. The van der Waals surface area contributed by atoms with Crippen molar-refractivity contribution in [3.8, 4) is 11.1 Å². The molecule has 162 valence electrons. The van der Waals surface area contributed by atoms with Crippen LogP contribution in [-0.2, 0) is 9.47 Å². The average molecular weight is 444 g/mol. The van der Waals surface area contributed by atoms with E-state index in [-0.39, 0.29) is 0 Å². The lowest BCUT2D eigenvalue weighted by atomic mass is 10.0. The van der Waals surface area contributed by atoms with Crippen LogP contribution in [0.4, 0.5) is 5.82 Å². The molecule has 0 atom stereocenters. The summed E-state index contributed by atoms with van der Waals surface area (Å²) in [4.78, 5) is 10.0. The Morgan fingerprint density at radius 1 is 1.12 bits per heavy atom. The first kappa shape index (κ1) is 20.5. The van der Waals surface area contributed by atoms with Gasteiger partial charge in [-0.3, -0.25) is 0 Å². The summed E-state index contributed by atoms with van der Waals surface area (Å²) in [6, 6.07) is 6.57. The van der Waals surface area contributed by atoms with Gasteiger partial charge in [-0.15, -0.1) is 11.3 Å². The molecule has 0 saturated carbocycles. The normalized spacial score (nSPS) is 15.5. The molecule has 3 aromatic rings. The molecule has 2 aromatic heterocycles. The lowest BCUT2D eigenvalue weighted by molar-refractivity contribution is 0.220. The first-order valence-electron chi connectivity index (χ1n) is 10.8. The molecule has 0 saturated heterocycles. The van der Waals surface area contributed by atoms with Gasteiger partial charge < -0.3 is 14.8 Å². The number of benzene rings is 1. The van der Waals surface area contributed by atoms with Crippen LogP contribution in [0.2, 0.25) is 0 Å². The van der Waals surface area contributed by atoms with Crippen molar-refractivity contribution in [1.29, 1.82) is 0 Å². The summed E-state index contributed by atoms with van der Waals surface area (Å²) in [5, 5.41) is 6.72. The molecule has 6 heteroatoms. The first-order chi connectivity index (χ1) is 15.7.